The minimum absolute atomic E-state index is 0.0524. The van der Waals surface area contributed by atoms with E-state index in [1.165, 1.54) is 5.57 Å². The maximum Gasteiger partial charge on any atom is 0.309 e. The predicted octanol–water partition coefficient (Wildman–Crippen LogP) is 2.60. The molecule has 2 rings (SSSR count). The van der Waals surface area contributed by atoms with E-state index in [-0.39, 0.29) is 23.9 Å². The van der Waals surface area contributed by atoms with Crippen LogP contribution in [0.2, 0.25) is 0 Å². The molecule has 1 fully saturated rings. The quantitative estimate of drug-likeness (QED) is 0.531. The molecule has 0 unspecified atom stereocenters. The van der Waals surface area contributed by atoms with Gasteiger partial charge in [0.2, 0.25) is 0 Å². The summed E-state index contributed by atoms with van der Waals surface area (Å²) in [7, 11) is 0. The second-order valence-electron chi connectivity index (χ2n) is 5.62. The molecule has 2 aliphatic rings. The van der Waals surface area contributed by atoms with E-state index in [1.807, 2.05) is 13.8 Å². The Labute approximate surface area is 109 Å². The van der Waals surface area contributed by atoms with E-state index in [4.69, 9.17) is 4.74 Å². The third-order valence-corrected chi connectivity index (χ3v) is 4.22. The molecule has 1 aliphatic heterocycles. The highest BCUT2D eigenvalue weighted by Gasteiger charge is 2.40. The van der Waals surface area contributed by atoms with Gasteiger partial charge in [-0.2, -0.15) is 0 Å². The number of esters is 1. The largest absolute Gasteiger partial charge is 0.458 e. The summed E-state index contributed by atoms with van der Waals surface area (Å²) in [5, 5.41) is 9.95. The summed E-state index contributed by atoms with van der Waals surface area (Å²) in [6, 6.07) is 0. The molecular formula is C15H22O3. The fourth-order valence-electron chi connectivity index (χ4n) is 2.81. The third kappa shape index (κ3) is 2.66. The Hall–Kier alpha value is -1.09. The van der Waals surface area contributed by atoms with Crippen LogP contribution >= 0.6 is 0 Å². The molecule has 0 aromatic rings. The Morgan fingerprint density at radius 1 is 1.39 bits per heavy atom. The van der Waals surface area contributed by atoms with Crippen LogP contribution in [-0.4, -0.2) is 23.3 Å². The van der Waals surface area contributed by atoms with Crippen molar-refractivity contribution in [1.82, 2.24) is 0 Å². The number of carbonyl (C=O) groups excluding carboxylic acids is 1. The molecule has 100 valence electrons. The molecule has 1 heterocycles. The summed E-state index contributed by atoms with van der Waals surface area (Å²) in [6.45, 7) is 7.92. The van der Waals surface area contributed by atoms with Gasteiger partial charge in [0.1, 0.15) is 6.10 Å². The average molecular weight is 250 g/mol. The van der Waals surface area contributed by atoms with Crippen molar-refractivity contribution in [2.24, 2.45) is 11.8 Å². The second-order valence-corrected chi connectivity index (χ2v) is 5.62. The molecule has 1 N–H and O–H groups in total. The first kappa shape index (κ1) is 13.3. The topological polar surface area (TPSA) is 46.5 Å². The molecule has 1 aliphatic carbocycles. The molecule has 0 radical (unpaired) electrons. The van der Waals surface area contributed by atoms with Crippen LogP contribution in [0.25, 0.3) is 0 Å². The lowest BCUT2D eigenvalue weighted by Gasteiger charge is -2.22. The highest BCUT2D eigenvalue weighted by molar-refractivity contribution is 5.75. The summed E-state index contributed by atoms with van der Waals surface area (Å²) in [4.78, 5) is 11.7. The molecule has 3 nitrogen and oxygen atoms in total. The van der Waals surface area contributed by atoms with E-state index >= 15 is 0 Å². The summed E-state index contributed by atoms with van der Waals surface area (Å²) in [5.74, 6) is 0.0670. The van der Waals surface area contributed by atoms with Gasteiger partial charge in [-0.15, -0.1) is 0 Å². The van der Waals surface area contributed by atoms with Gasteiger partial charge in [0.25, 0.3) is 0 Å². The van der Waals surface area contributed by atoms with E-state index < -0.39 is 6.10 Å². The number of aliphatic hydroxyl groups is 1. The lowest BCUT2D eigenvalue weighted by Crippen LogP contribution is -2.21. The Balaban J connectivity index is 2.21. The van der Waals surface area contributed by atoms with E-state index in [0.29, 0.717) is 6.42 Å². The molecule has 0 spiro atoms. The lowest BCUT2D eigenvalue weighted by atomic mass is 9.83. The van der Waals surface area contributed by atoms with E-state index in [2.05, 4.69) is 12.7 Å². The average Bonchev–Trinajstić information content (AvgIpc) is 2.58. The fourth-order valence-corrected chi connectivity index (χ4v) is 2.81. The maximum absolute atomic E-state index is 11.7. The van der Waals surface area contributed by atoms with Gasteiger partial charge in [0.05, 0.1) is 12.0 Å². The van der Waals surface area contributed by atoms with Crippen molar-refractivity contribution < 1.29 is 14.6 Å². The summed E-state index contributed by atoms with van der Waals surface area (Å²) in [5.41, 5.74) is 2.07. The number of ether oxygens (including phenoxy) is 1. The molecular weight excluding hydrogens is 228 g/mol. The Bertz CT molecular complexity index is 383. The SMILES string of the molecule is C=C1CC[C@@H]2[C@H](/C=C(\C)CC[C@H]1O)OC(=O)[C@H]2C. The second kappa shape index (κ2) is 5.27. The van der Waals surface area contributed by atoms with Crippen molar-refractivity contribution in [1.29, 1.82) is 0 Å². The monoisotopic (exact) mass is 250 g/mol. The first-order valence-corrected chi connectivity index (χ1v) is 6.72. The summed E-state index contributed by atoms with van der Waals surface area (Å²) >= 11 is 0. The molecule has 4 atom stereocenters. The maximum atomic E-state index is 11.7. The van der Waals surface area contributed by atoms with Crippen molar-refractivity contribution in [3.8, 4) is 0 Å². The highest BCUT2D eigenvalue weighted by Crippen LogP contribution is 2.35. The van der Waals surface area contributed by atoms with Crippen molar-refractivity contribution in [2.45, 2.75) is 51.7 Å². The number of fused-ring (bicyclic) bond motifs is 1. The molecule has 0 amide bonds. The normalized spacial score (nSPS) is 40.7. The molecule has 0 bridgehead atoms. The van der Waals surface area contributed by atoms with Crippen LogP contribution in [0.5, 0.6) is 0 Å². The summed E-state index contributed by atoms with van der Waals surface area (Å²) < 4.78 is 5.43. The van der Waals surface area contributed by atoms with Crippen LogP contribution in [0.3, 0.4) is 0 Å². The number of hydrogen-bond donors (Lipinski definition) is 1. The van der Waals surface area contributed by atoms with E-state index in [0.717, 1.165) is 24.8 Å². The number of rotatable bonds is 0. The van der Waals surface area contributed by atoms with Gasteiger partial charge in [0, 0.05) is 5.92 Å². The van der Waals surface area contributed by atoms with Gasteiger partial charge in [-0.05, 0) is 44.3 Å². The van der Waals surface area contributed by atoms with Gasteiger partial charge in [-0.25, -0.2) is 0 Å². The van der Waals surface area contributed by atoms with Gasteiger partial charge in [-0.1, -0.05) is 19.1 Å². The standard InChI is InChI=1S/C15H22O3/c1-9-4-7-13(16)10(2)5-6-12-11(3)15(17)18-14(12)8-9/h8,11-14,16H,2,4-7H2,1,3H3/b9-8+/t11-,12-,13+,14-/m0/s1. The summed E-state index contributed by atoms with van der Waals surface area (Å²) in [6.07, 6.45) is 4.73. The Morgan fingerprint density at radius 3 is 2.83 bits per heavy atom. The van der Waals surface area contributed by atoms with Crippen molar-refractivity contribution in [3.05, 3.63) is 23.8 Å². The fraction of sp³-hybridized carbons (Fsp3) is 0.667. The zero-order chi connectivity index (χ0) is 13.3. The molecule has 18 heavy (non-hydrogen) atoms. The number of hydrogen-bond acceptors (Lipinski definition) is 3. The highest BCUT2D eigenvalue weighted by atomic mass is 16.6. The first-order chi connectivity index (χ1) is 8.49. The zero-order valence-electron chi connectivity index (χ0n) is 11.2. The number of aliphatic hydroxyl groups excluding tert-OH is 1. The van der Waals surface area contributed by atoms with E-state index in [1.54, 1.807) is 0 Å². The van der Waals surface area contributed by atoms with Gasteiger partial charge in [0.15, 0.2) is 0 Å². The number of allylic oxidation sites excluding steroid dienone is 1. The van der Waals surface area contributed by atoms with Crippen LogP contribution in [0, 0.1) is 11.8 Å². The molecule has 0 saturated carbocycles. The number of carbonyl (C=O) groups is 1. The Morgan fingerprint density at radius 2 is 2.11 bits per heavy atom. The molecule has 0 aromatic carbocycles. The van der Waals surface area contributed by atoms with Crippen LogP contribution in [0.1, 0.15) is 39.5 Å². The van der Waals surface area contributed by atoms with Crippen molar-refractivity contribution in [3.63, 3.8) is 0 Å². The minimum atomic E-state index is -0.418. The first-order valence-electron chi connectivity index (χ1n) is 6.72. The van der Waals surface area contributed by atoms with Gasteiger partial charge >= 0.3 is 5.97 Å². The van der Waals surface area contributed by atoms with E-state index in [9.17, 15) is 9.90 Å². The molecule has 0 aromatic heterocycles. The van der Waals surface area contributed by atoms with Crippen LogP contribution in [-0.2, 0) is 9.53 Å². The van der Waals surface area contributed by atoms with Crippen LogP contribution in [0.15, 0.2) is 23.8 Å². The smallest absolute Gasteiger partial charge is 0.309 e. The van der Waals surface area contributed by atoms with Crippen molar-refractivity contribution >= 4 is 5.97 Å². The van der Waals surface area contributed by atoms with Crippen LogP contribution < -0.4 is 0 Å². The Kier molecular flexibility index (Phi) is 3.91. The van der Waals surface area contributed by atoms with Gasteiger partial charge in [-0.3, -0.25) is 4.79 Å². The zero-order valence-corrected chi connectivity index (χ0v) is 11.2. The predicted molar refractivity (Wildman–Crippen MR) is 69.9 cm³/mol. The van der Waals surface area contributed by atoms with Gasteiger partial charge < -0.3 is 9.84 Å². The lowest BCUT2D eigenvalue weighted by molar-refractivity contribution is -0.142. The van der Waals surface area contributed by atoms with Crippen molar-refractivity contribution in [2.75, 3.05) is 0 Å². The third-order valence-electron chi connectivity index (χ3n) is 4.22. The van der Waals surface area contributed by atoms with Crippen LogP contribution in [0.4, 0.5) is 0 Å². The minimum Gasteiger partial charge on any atom is -0.458 e. The molecule has 3 heteroatoms. The molecule has 1 saturated heterocycles.